The summed E-state index contributed by atoms with van der Waals surface area (Å²) < 4.78 is 5.65. The first-order valence-corrected chi connectivity index (χ1v) is 6.88. The van der Waals surface area contributed by atoms with Gasteiger partial charge in [0.05, 0.1) is 6.61 Å². The number of ether oxygens (including phenoxy) is 1. The fourth-order valence-electron chi connectivity index (χ4n) is 2.43. The molecule has 100 valence electrons. The molecule has 2 rings (SSSR count). The number of likely N-dealkylation sites (N-methyl/N-ethyl adjacent to an activating group) is 1. The third-order valence-corrected chi connectivity index (χ3v) is 3.56. The molecule has 0 spiro atoms. The lowest BCUT2D eigenvalue weighted by atomic mass is 10.2. The topological polar surface area (TPSA) is 24.5 Å². The van der Waals surface area contributed by atoms with Gasteiger partial charge in [0.1, 0.15) is 5.75 Å². The molecule has 18 heavy (non-hydrogen) atoms. The van der Waals surface area contributed by atoms with Crippen LogP contribution in [0.25, 0.3) is 0 Å². The van der Waals surface area contributed by atoms with E-state index in [1.165, 1.54) is 6.42 Å². The summed E-state index contributed by atoms with van der Waals surface area (Å²) in [6.45, 7) is 6.30. The van der Waals surface area contributed by atoms with Gasteiger partial charge in [-0.2, -0.15) is 0 Å². The summed E-state index contributed by atoms with van der Waals surface area (Å²) in [5, 5.41) is 3.60. The van der Waals surface area contributed by atoms with E-state index in [0.717, 1.165) is 31.0 Å². The van der Waals surface area contributed by atoms with Gasteiger partial charge >= 0.3 is 0 Å². The molecule has 1 aliphatic rings. The van der Waals surface area contributed by atoms with Gasteiger partial charge in [0, 0.05) is 30.4 Å². The van der Waals surface area contributed by atoms with Gasteiger partial charge in [0.25, 0.3) is 0 Å². The monoisotopic (exact) mass is 248 g/mol. The number of hydrogen-bond acceptors (Lipinski definition) is 3. The van der Waals surface area contributed by atoms with Crippen LogP contribution in [0.15, 0.2) is 24.3 Å². The maximum Gasteiger partial charge on any atom is 0.121 e. The van der Waals surface area contributed by atoms with Gasteiger partial charge in [-0.3, -0.25) is 0 Å². The van der Waals surface area contributed by atoms with E-state index in [-0.39, 0.29) is 0 Å². The zero-order valence-electron chi connectivity index (χ0n) is 11.6. The number of nitrogens with zero attached hydrogens (tertiary/aromatic N) is 1. The van der Waals surface area contributed by atoms with Crippen molar-refractivity contribution < 1.29 is 4.74 Å². The van der Waals surface area contributed by atoms with Gasteiger partial charge in [-0.05, 0) is 38.9 Å². The van der Waals surface area contributed by atoms with E-state index in [4.69, 9.17) is 4.74 Å². The minimum atomic E-state index is 0.548. The highest BCUT2D eigenvalue weighted by Crippen LogP contribution is 2.22. The molecule has 1 N–H and O–H groups in total. The normalized spacial score (nSPS) is 24.2. The second kappa shape index (κ2) is 6.10. The molecule has 3 nitrogen and oxygen atoms in total. The summed E-state index contributed by atoms with van der Waals surface area (Å²) >= 11 is 0. The van der Waals surface area contributed by atoms with Gasteiger partial charge in [-0.1, -0.05) is 13.0 Å². The molecule has 1 saturated heterocycles. The van der Waals surface area contributed by atoms with Gasteiger partial charge in [-0.15, -0.1) is 0 Å². The molecule has 0 aliphatic carbocycles. The van der Waals surface area contributed by atoms with Gasteiger partial charge in [0.15, 0.2) is 0 Å². The first-order valence-electron chi connectivity index (χ1n) is 6.88. The smallest absolute Gasteiger partial charge is 0.121 e. The van der Waals surface area contributed by atoms with E-state index in [1.807, 2.05) is 6.07 Å². The maximum absolute atomic E-state index is 5.65. The lowest BCUT2D eigenvalue weighted by Gasteiger charge is -2.15. The Bertz CT molecular complexity index is 371. The fourth-order valence-corrected chi connectivity index (χ4v) is 2.43. The van der Waals surface area contributed by atoms with Gasteiger partial charge in [-0.25, -0.2) is 0 Å². The number of rotatable bonds is 5. The Kier molecular flexibility index (Phi) is 4.48. The van der Waals surface area contributed by atoms with Crippen LogP contribution < -0.4 is 10.1 Å². The van der Waals surface area contributed by atoms with Crippen molar-refractivity contribution >= 4 is 5.69 Å². The summed E-state index contributed by atoms with van der Waals surface area (Å²) in [6, 6.07) is 9.49. The highest BCUT2D eigenvalue weighted by Gasteiger charge is 2.25. The van der Waals surface area contributed by atoms with Crippen LogP contribution in [-0.2, 0) is 0 Å². The van der Waals surface area contributed by atoms with Crippen molar-refractivity contribution in [1.82, 2.24) is 4.90 Å². The molecule has 1 fully saturated rings. The third kappa shape index (κ3) is 3.39. The summed E-state index contributed by atoms with van der Waals surface area (Å²) in [4.78, 5) is 2.40. The van der Waals surface area contributed by atoms with Gasteiger partial charge < -0.3 is 15.0 Å². The van der Waals surface area contributed by atoms with E-state index in [9.17, 15) is 0 Å². The summed E-state index contributed by atoms with van der Waals surface area (Å²) in [5.74, 6) is 0.959. The highest BCUT2D eigenvalue weighted by molar-refractivity contribution is 5.49. The highest BCUT2D eigenvalue weighted by atomic mass is 16.5. The quantitative estimate of drug-likeness (QED) is 0.867. The number of benzene rings is 1. The largest absolute Gasteiger partial charge is 0.494 e. The summed E-state index contributed by atoms with van der Waals surface area (Å²) in [5.41, 5.74) is 1.16. The minimum Gasteiger partial charge on any atom is -0.494 e. The molecule has 2 atom stereocenters. The van der Waals surface area contributed by atoms with Crippen LogP contribution in [-0.4, -0.2) is 37.2 Å². The van der Waals surface area contributed by atoms with Crippen LogP contribution in [0, 0.1) is 0 Å². The molecular weight excluding hydrogens is 224 g/mol. The number of anilines is 1. The molecule has 2 unspecified atom stereocenters. The molecule has 1 aromatic carbocycles. The third-order valence-electron chi connectivity index (χ3n) is 3.56. The second-order valence-corrected chi connectivity index (χ2v) is 5.24. The first kappa shape index (κ1) is 13.2. The van der Waals surface area contributed by atoms with Crippen LogP contribution in [0.1, 0.15) is 26.7 Å². The van der Waals surface area contributed by atoms with Crippen molar-refractivity contribution in [2.75, 3.05) is 25.5 Å². The van der Waals surface area contributed by atoms with Crippen LogP contribution >= 0.6 is 0 Å². The van der Waals surface area contributed by atoms with Crippen molar-refractivity contribution in [3.63, 3.8) is 0 Å². The average Bonchev–Trinajstić information content (AvgIpc) is 2.66. The maximum atomic E-state index is 5.65. The van der Waals surface area contributed by atoms with E-state index in [1.54, 1.807) is 0 Å². The Balaban J connectivity index is 1.93. The van der Waals surface area contributed by atoms with Crippen molar-refractivity contribution in [1.29, 1.82) is 0 Å². The van der Waals surface area contributed by atoms with E-state index < -0.39 is 0 Å². The number of likely N-dealkylation sites (tertiary alicyclic amines) is 1. The number of hydrogen-bond donors (Lipinski definition) is 1. The molecule has 1 aliphatic heterocycles. The Morgan fingerprint density at radius 1 is 1.44 bits per heavy atom. The van der Waals surface area contributed by atoms with E-state index in [0.29, 0.717) is 12.1 Å². The molecule has 3 heteroatoms. The van der Waals surface area contributed by atoms with Crippen molar-refractivity contribution in [2.45, 2.75) is 38.8 Å². The standard InChI is InChI=1S/C15H24N2O/c1-4-8-18-15-7-5-6-13(10-15)16-14-9-12(2)17(3)11-14/h5-7,10,12,14,16H,4,8-9,11H2,1-3H3. The second-order valence-electron chi connectivity index (χ2n) is 5.24. The molecule has 0 aromatic heterocycles. The minimum absolute atomic E-state index is 0.548. The zero-order chi connectivity index (χ0) is 13.0. The van der Waals surface area contributed by atoms with Crippen molar-refractivity contribution in [3.8, 4) is 5.75 Å². The summed E-state index contributed by atoms with van der Waals surface area (Å²) in [6.07, 6.45) is 2.25. The van der Waals surface area contributed by atoms with Gasteiger partial charge in [0.2, 0.25) is 0 Å². The molecule has 0 amide bonds. The number of nitrogens with one attached hydrogen (secondary N) is 1. The lowest BCUT2D eigenvalue weighted by Crippen LogP contribution is -2.24. The fraction of sp³-hybridized carbons (Fsp3) is 0.600. The van der Waals surface area contributed by atoms with Crippen LogP contribution in [0.5, 0.6) is 5.75 Å². The lowest BCUT2D eigenvalue weighted by molar-refractivity contribution is 0.317. The van der Waals surface area contributed by atoms with Crippen LogP contribution in [0.2, 0.25) is 0 Å². The molecule has 0 radical (unpaired) electrons. The first-order chi connectivity index (χ1) is 8.69. The van der Waals surface area contributed by atoms with E-state index >= 15 is 0 Å². The Hall–Kier alpha value is -1.22. The molecule has 0 bridgehead atoms. The zero-order valence-corrected chi connectivity index (χ0v) is 11.6. The van der Waals surface area contributed by atoms with E-state index in [2.05, 4.69) is 49.3 Å². The van der Waals surface area contributed by atoms with Crippen molar-refractivity contribution in [2.24, 2.45) is 0 Å². The molecule has 0 saturated carbocycles. The van der Waals surface area contributed by atoms with Crippen LogP contribution in [0.3, 0.4) is 0 Å². The Morgan fingerprint density at radius 3 is 2.94 bits per heavy atom. The summed E-state index contributed by atoms with van der Waals surface area (Å²) in [7, 11) is 2.19. The molecule has 1 aromatic rings. The molecule has 1 heterocycles. The SMILES string of the molecule is CCCOc1cccc(NC2CC(C)N(C)C2)c1. The van der Waals surface area contributed by atoms with Crippen LogP contribution in [0.4, 0.5) is 5.69 Å². The molecular formula is C15H24N2O. The predicted octanol–water partition coefficient (Wildman–Crippen LogP) is 2.98. The van der Waals surface area contributed by atoms with Crippen molar-refractivity contribution in [3.05, 3.63) is 24.3 Å². The Labute approximate surface area is 110 Å². The predicted molar refractivity (Wildman–Crippen MR) is 76.3 cm³/mol. The average molecular weight is 248 g/mol. The Morgan fingerprint density at radius 2 is 2.28 bits per heavy atom.